The Labute approximate surface area is 155 Å². The number of nitrogens with one attached hydrogen (secondary N) is 2. The minimum absolute atomic E-state index is 0.0895. The van der Waals surface area contributed by atoms with Gasteiger partial charge in [-0.05, 0) is 36.8 Å². The number of ether oxygens (including phenoxy) is 1. The Hall–Kier alpha value is -2.78. The van der Waals surface area contributed by atoms with Crippen LogP contribution in [0.1, 0.15) is 43.4 Å². The highest BCUT2D eigenvalue weighted by molar-refractivity contribution is 6.34. The minimum atomic E-state index is -0.512. The van der Waals surface area contributed by atoms with Crippen LogP contribution in [0.5, 0.6) is 11.5 Å². The molecule has 2 amide bonds. The van der Waals surface area contributed by atoms with E-state index >= 15 is 0 Å². The van der Waals surface area contributed by atoms with E-state index in [0.29, 0.717) is 16.5 Å². The van der Waals surface area contributed by atoms with Gasteiger partial charge < -0.3 is 15.4 Å². The summed E-state index contributed by atoms with van der Waals surface area (Å²) in [6.45, 7) is 2.07. The first-order chi connectivity index (χ1) is 12.5. The van der Waals surface area contributed by atoms with Crippen LogP contribution in [0, 0.1) is 17.1 Å². The Balaban J connectivity index is 2.05. The van der Waals surface area contributed by atoms with Crippen molar-refractivity contribution in [2.75, 3.05) is 5.32 Å². The second-order valence-corrected chi connectivity index (χ2v) is 6.39. The van der Waals surface area contributed by atoms with E-state index in [0.717, 1.165) is 30.9 Å². The lowest BCUT2D eigenvalue weighted by molar-refractivity contribution is 0.246. The lowest BCUT2D eigenvalue weighted by Crippen LogP contribution is -2.38. The number of fused-ring (bicyclic) bond motifs is 1. The van der Waals surface area contributed by atoms with Gasteiger partial charge in [-0.2, -0.15) is 5.26 Å². The van der Waals surface area contributed by atoms with Crippen molar-refractivity contribution in [3.8, 4) is 17.6 Å². The molecule has 1 aliphatic heterocycles. The SMILES string of the molecule is CCCCC1NC(=O)Nc2c(Cl)ccc(Oc3ccc(F)cc3C#N)c21. The molecule has 1 aliphatic rings. The number of halogens is 2. The number of rotatable bonds is 5. The number of amides is 2. The van der Waals surface area contributed by atoms with Crippen LogP contribution in [0.25, 0.3) is 0 Å². The molecule has 0 radical (unpaired) electrons. The number of hydrogen-bond donors (Lipinski definition) is 2. The topological polar surface area (TPSA) is 74.2 Å². The van der Waals surface area contributed by atoms with E-state index in [1.807, 2.05) is 6.07 Å². The molecule has 2 aromatic rings. The van der Waals surface area contributed by atoms with Gasteiger partial charge in [-0.1, -0.05) is 31.4 Å². The number of carbonyl (C=O) groups excluding carboxylic acids is 1. The van der Waals surface area contributed by atoms with Crippen LogP contribution in [0.4, 0.5) is 14.9 Å². The number of nitriles is 1. The van der Waals surface area contributed by atoms with Gasteiger partial charge in [0.2, 0.25) is 0 Å². The normalized spacial score (nSPS) is 15.5. The van der Waals surface area contributed by atoms with Crippen molar-refractivity contribution < 1.29 is 13.9 Å². The zero-order valence-electron chi connectivity index (χ0n) is 14.1. The molecule has 1 unspecified atom stereocenters. The third-order valence-corrected chi connectivity index (χ3v) is 4.49. The van der Waals surface area contributed by atoms with E-state index in [2.05, 4.69) is 17.6 Å². The Bertz CT molecular complexity index is 895. The highest BCUT2D eigenvalue weighted by atomic mass is 35.5. The first kappa shape index (κ1) is 18.0. The summed E-state index contributed by atoms with van der Waals surface area (Å²) in [5, 5.41) is 15.2. The van der Waals surface area contributed by atoms with Crippen LogP contribution in [0.15, 0.2) is 30.3 Å². The van der Waals surface area contributed by atoms with Gasteiger partial charge in [0.25, 0.3) is 0 Å². The quantitative estimate of drug-likeness (QED) is 0.725. The predicted octanol–water partition coefficient (Wildman–Crippen LogP) is 5.51. The second kappa shape index (κ2) is 7.63. The molecule has 5 nitrogen and oxygen atoms in total. The number of urea groups is 1. The number of benzene rings is 2. The van der Waals surface area contributed by atoms with Crippen molar-refractivity contribution in [3.05, 3.63) is 52.3 Å². The van der Waals surface area contributed by atoms with Gasteiger partial charge in [0.15, 0.2) is 0 Å². The highest BCUT2D eigenvalue weighted by Crippen LogP contribution is 2.43. The van der Waals surface area contributed by atoms with Gasteiger partial charge in [0.05, 0.1) is 22.3 Å². The lowest BCUT2D eigenvalue weighted by Gasteiger charge is -2.30. The summed E-state index contributed by atoms with van der Waals surface area (Å²) in [4.78, 5) is 12.0. The maximum Gasteiger partial charge on any atom is 0.319 e. The first-order valence-corrected chi connectivity index (χ1v) is 8.68. The van der Waals surface area contributed by atoms with Crippen LogP contribution < -0.4 is 15.4 Å². The molecule has 1 atom stereocenters. The molecule has 0 bridgehead atoms. The maximum atomic E-state index is 13.4. The second-order valence-electron chi connectivity index (χ2n) is 5.98. The van der Waals surface area contributed by atoms with E-state index in [1.165, 1.54) is 12.1 Å². The summed E-state index contributed by atoms with van der Waals surface area (Å²) in [6.07, 6.45) is 2.61. The number of hydrogen-bond acceptors (Lipinski definition) is 3. The summed E-state index contributed by atoms with van der Waals surface area (Å²) in [5.74, 6) is 0.187. The van der Waals surface area contributed by atoms with Crippen molar-refractivity contribution in [1.29, 1.82) is 5.26 Å². The fourth-order valence-corrected chi connectivity index (χ4v) is 3.15. The van der Waals surface area contributed by atoms with Gasteiger partial charge in [0.1, 0.15) is 23.4 Å². The fraction of sp³-hybridized carbons (Fsp3) is 0.263. The molecule has 0 spiro atoms. The molecule has 26 heavy (non-hydrogen) atoms. The van der Waals surface area contributed by atoms with Crippen molar-refractivity contribution in [2.45, 2.75) is 32.2 Å². The number of unbranched alkanes of at least 4 members (excludes halogenated alkanes) is 1. The van der Waals surface area contributed by atoms with Crippen LogP contribution in [0.2, 0.25) is 5.02 Å². The monoisotopic (exact) mass is 373 g/mol. The van der Waals surface area contributed by atoms with E-state index in [-0.39, 0.29) is 23.4 Å². The van der Waals surface area contributed by atoms with Crippen molar-refractivity contribution in [3.63, 3.8) is 0 Å². The summed E-state index contributed by atoms with van der Waals surface area (Å²) in [6, 6.07) is 8.39. The van der Waals surface area contributed by atoms with Crippen LogP contribution >= 0.6 is 11.6 Å². The van der Waals surface area contributed by atoms with Gasteiger partial charge in [0, 0.05) is 5.56 Å². The summed E-state index contributed by atoms with van der Waals surface area (Å²) >= 11 is 6.26. The third-order valence-electron chi connectivity index (χ3n) is 4.18. The molecule has 0 fully saturated rings. The molecule has 0 saturated heterocycles. The summed E-state index contributed by atoms with van der Waals surface area (Å²) < 4.78 is 19.3. The fourth-order valence-electron chi connectivity index (χ4n) is 2.94. The van der Waals surface area contributed by atoms with Crippen LogP contribution in [-0.4, -0.2) is 6.03 Å². The molecular weight excluding hydrogens is 357 g/mol. The standard InChI is InChI=1S/C19H17ClFN3O2/c1-2-3-4-14-17-16(8-6-13(20)18(17)24-19(25)23-14)26-15-7-5-12(21)9-11(15)10-22/h5-9,14H,2-4H2,1H3,(H2,23,24,25). The molecule has 1 heterocycles. The van der Waals surface area contributed by atoms with Gasteiger partial charge >= 0.3 is 6.03 Å². The summed E-state index contributed by atoms with van der Waals surface area (Å²) in [5.41, 5.74) is 1.31. The van der Waals surface area contributed by atoms with Gasteiger partial charge in [-0.3, -0.25) is 0 Å². The van der Waals surface area contributed by atoms with E-state index in [1.54, 1.807) is 12.1 Å². The van der Waals surface area contributed by atoms with E-state index in [4.69, 9.17) is 16.3 Å². The minimum Gasteiger partial charge on any atom is -0.456 e. The van der Waals surface area contributed by atoms with Crippen molar-refractivity contribution >= 4 is 23.3 Å². The molecule has 2 aromatic carbocycles. The van der Waals surface area contributed by atoms with E-state index < -0.39 is 5.82 Å². The third kappa shape index (κ3) is 3.58. The maximum absolute atomic E-state index is 13.4. The Morgan fingerprint density at radius 3 is 2.81 bits per heavy atom. The number of carbonyl (C=O) groups is 1. The molecule has 2 N–H and O–H groups in total. The summed E-state index contributed by atoms with van der Waals surface area (Å²) in [7, 11) is 0. The number of anilines is 1. The Morgan fingerprint density at radius 1 is 1.31 bits per heavy atom. The largest absolute Gasteiger partial charge is 0.456 e. The Kier molecular flexibility index (Phi) is 5.29. The van der Waals surface area contributed by atoms with Crippen LogP contribution in [-0.2, 0) is 0 Å². The van der Waals surface area contributed by atoms with Crippen LogP contribution in [0.3, 0.4) is 0 Å². The first-order valence-electron chi connectivity index (χ1n) is 8.31. The predicted molar refractivity (Wildman–Crippen MR) is 97.1 cm³/mol. The average Bonchev–Trinajstić information content (AvgIpc) is 2.63. The molecule has 134 valence electrons. The van der Waals surface area contributed by atoms with Gasteiger partial charge in [-0.15, -0.1) is 0 Å². The highest BCUT2D eigenvalue weighted by Gasteiger charge is 2.29. The molecule has 0 saturated carbocycles. The van der Waals surface area contributed by atoms with Crippen molar-refractivity contribution in [2.24, 2.45) is 0 Å². The Morgan fingerprint density at radius 2 is 2.08 bits per heavy atom. The average molecular weight is 374 g/mol. The van der Waals surface area contributed by atoms with Crippen molar-refractivity contribution in [1.82, 2.24) is 5.32 Å². The molecule has 0 aliphatic carbocycles. The lowest BCUT2D eigenvalue weighted by atomic mass is 9.96. The molecule has 7 heteroatoms. The molecule has 3 rings (SSSR count). The van der Waals surface area contributed by atoms with Gasteiger partial charge in [-0.25, -0.2) is 9.18 Å². The van der Waals surface area contributed by atoms with E-state index in [9.17, 15) is 14.4 Å². The zero-order valence-corrected chi connectivity index (χ0v) is 14.9. The number of nitrogens with zero attached hydrogens (tertiary/aromatic N) is 1. The zero-order chi connectivity index (χ0) is 18.7. The molecular formula is C19H17ClFN3O2. The smallest absolute Gasteiger partial charge is 0.319 e. The molecule has 0 aromatic heterocycles.